The van der Waals surface area contributed by atoms with E-state index in [1.807, 2.05) is 0 Å². The highest BCUT2D eigenvalue weighted by molar-refractivity contribution is 5.78. The van der Waals surface area contributed by atoms with E-state index in [0.29, 0.717) is 12.6 Å². The van der Waals surface area contributed by atoms with Crippen molar-refractivity contribution >= 4 is 5.97 Å². The fraction of sp³-hybridized carbons (Fsp3) is 0.900. The molecule has 1 aliphatic heterocycles. The molecule has 0 unspecified atom stereocenters. The van der Waals surface area contributed by atoms with Crippen molar-refractivity contribution in [3.63, 3.8) is 0 Å². The molecule has 0 aromatic heterocycles. The van der Waals surface area contributed by atoms with Gasteiger partial charge in [-0.2, -0.15) is 0 Å². The minimum Gasteiger partial charge on any atom is -0.481 e. The van der Waals surface area contributed by atoms with Gasteiger partial charge >= 0.3 is 5.97 Å². The fourth-order valence-corrected chi connectivity index (χ4v) is 1.98. The molecule has 2 aliphatic rings. The molecule has 2 rings (SSSR count). The van der Waals surface area contributed by atoms with E-state index < -0.39 is 11.4 Å². The topological polar surface area (TPSA) is 49.8 Å². The number of aliphatic carboxylic acids is 1. The summed E-state index contributed by atoms with van der Waals surface area (Å²) in [5.41, 5.74) is -0.425. The first-order valence-electron chi connectivity index (χ1n) is 5.19. The maximum atomic E-state index is 11.0. The molecular formula is C10H17NO3. The Bertz CT molecular complexity index is 238. The summed E-state index contributed by atoms with van der Waals surface area (Å²) < 4.78 is 5.32. The summed E-state index contributed by atoms with van der Waals surface area (Å²) in [4.78, 5) is 13.2. The summed E-state index contributed by atoms with van der Waals surface area (Å²) in [6, 6.07) is 0.362. The monoisotopic (exact) mass is 199 g/mol. The molecule has 0 aromatic carbocycles. The third kappa shape index (κ3) is 1.77. The Kier molecular flexibility index (Phi) is 2.49. The lowest BCUT2D eigenvalue weighted by Crippen LogP contribution is -2.47. The van der Waals surface area contributed by atoms with Gasteiger partial charge < -0.3 is 9.84 Å². The van der Waals surface area contributed by atoms with Crippen molar-refractivity contribution in [1.82, 2.24) is 4.90 Å². The minimum absolute atomic E-state index is 0.362. The maximum Gasteiger partial charge on any atom is 0.310 e. The number of nitrogens with zero attached hydrogens (tertiary/aromatic N) is 1. The van der Waals surface area contributed by atoms with E-state index in [1.54, 1.807) is 0 Å². The molecule has 14 heavy (non-hydrogen) atoms. The Morgan fingerprint density at radius 2 is 2.36 bits per heavy atom. The number of ether oxygens (including phenoxy) is 1. The van der Waals surface area contributed by atoms with E-state index in [0.717, 1.165) is 32.6 Å². The van der Waals surface area contributed by atoms with Crippen molar-refractivity contribution in [3.8, 4) is 0 Å². The van der Waals surface area contributed by atoms with Crippen LogP contribution < -0.4 is 0 Å². The zero-order valence-electron chi connectivity index (χ0n) is 8.53. The summed E-state index contributed by atoms with van der Waals surface area (Å²) in [5, 5.41) is 9.06. The van der Waals surface area contributed by atoms with Gasteiger partial charge in [0, 0.05) is 19.1 Å². The van der Waals surface area contributed by atoms with E-state index in [-0.39, 0.29) is 0 Å². The molecule has 80 valence electrons. The van der Waals surface area contributed by atoms with Crippen molar-refractivity contribution in [1.29, 1.82) is 0 Å². The van der Waals surface area contributed by atoms with E-state index in [4.69, 9.17) is 9.84 Å². The minimum atomic E-state index is -0.629. The highest BCUT2D eigenvalue weighted by Gasteiger charge is 2.51. The molecule has 0 bridgehead atoms. The number of hydrogen-bond donors (Lipinski definition) is 1. The van der Waals surface area contributed by atoms with E-state index in [1.165, 1.54) is 0 Å². The zero-order chi connectivity index (χ0) is 10.2. The van der Waals surface area contributed by atoms with Crippen molar-refractivity contribution in [2.24, 2.45) is 5.41 Å². The van der Waals surface area contributed by atoms with Gasteiger partial charge in [0.15, 0.2) is 0 Å². The average molecular weight is 199 g/mol. The molecular weight excluding hydrogens is 182 g/mol. The van der Waals surface area contributed by atoms with Crippen LogP contribution in [0.3, 0.4) is 0 Å². The Labute approximate surface area is 83.8 Å². The Morgan fingerprint density at radius 1 is 1.64 bits per heavy atom. The van der Waals surface area contributed by atoms with Gasteiger partial charge in [0.2, 0.25) is 0 Å². The van der Waals surface area contributed by atoms with Gasteiger partial charge in [-0.25, -0.2) is 0 Å². The zero-order valence-corrected chi connectivity index (χ0v) is 8.53. The van der Waals surface area contributed by atoms with Gasteiger partial charge in [-0.1, -0.05) is 0 Å². The molecule has 0 aromatic rings. The van der Waals surface area contributed by atoms with Crippen LogP contribution in [0.4, 0.5) is 0 Å². The molecule has 1 saturated heterocycles. The first-order valence-corrected chi connectivity index (χ1v) is 5.19. The number of hydrogen-bond acceptors (Lipinski definition) is 3. The molecule has 1 saturated carbocycles. The predicted molar refractivity (Wildman–Crippen MR) is 51.2 cm³/mol. The molecule has 1 aliphatic carbocycles. The normalized spacial score (nSPS) is 31.4. The molecule has 4 heteroatoms. The number of morpholine rings is 1. The number of rotatable bonds is 3. The Hall–Kier alpha value is -0.610. The fourth-order valence-electron chi connectivity index (χ4n) is 1.98. The molecule has 0 amide bonds. The summed E-state index contributed by atoms with van der Waals surface area (Å²) in [6.45, 7) is 5.13. The van der Waals surface area contributed by atoms with E-state index in [2.05, 4.69) is 11.8 Å². The van der Waals surface area contributed by atoms with Crippen LogP contribution in [0, 0.1) is 5.41 Å². The molecule has 1 heterocycles. The quantitative estimate of drug-likeness (QED) is 0.722. The number of carboxylic acids is 1. The maximum absolute atomic E-state index is 11.0. The lowest BCUT2D eigenvalue weighted by atomic mass is 10.1. The van der Waals surface area contributed by atoms with Crippen LogP contribution in [0.1, 0.15) is 19.8 Å². The van der Waals surface area contributed by atoms with Gasteiger partial charge in [-0.15, -0.1) is 0 Å². The summed E-state index contributed by atoms with van der Waals surface area (Å²) >= 11 is 0. The van der Waals surface area contributed by atoms with Crippen LogP contribution in [-0.2, 0) is 9.53 Å². The standard InChI is InChI=1S/C10H17NO3/c1-8-6-14-5-4-11(8)7-10(2-3-10)9(12)13/h8H,2-7H2,1H3,(H,12,13)/t8-/m0/s1. The van der Waals surface area contributed by atoms with Crippen molar-refractivity contribution in [3.05, 3.63) is 0 Å². The van der Waals surface area contributed by atoms with E-state index >= 15 is 0 Å². The van der Waals surface area contributed by atoms with Crippen molar-refractivity contribution in [2.45, 2.75) is 25.8 Å². The molecule has 4 nitrogen and oxygen atoms in total. The first kappa shape index (κ1) is 9.93. The van der Waals surface area contributed by atoms with Gasteiger partial charge in [-0.05, 0) is 19.8 Å². The third-order valence-corrected chi connectivity index (χ3v) is 3.32. The van der Waals surface area contributed by atoms with Crippen molar-refractivity contribution < 1.29 is 14.6 Å². The van der Waals surface area contributed by atoms with E-state index in [9.17, 15) is 4.79 Å². The van der Waals surface area contributed by atoms with Crippen LogP contribution in [0.5, 0.6) is 0 Å². The van der Waals surface area contributed by atoms with Crippen molar-refractivity contribution in [2.75, 3.05) is 26.3 Å². The SMILES string of the molecule is C[C@H]1COCCN1CC1(C(=O)O)CC1. The van der Waals surface area contributed by atoms with Gasteiger partial charge in [-0.3, -0.25) is 9.69 Å². The highest BCUT2D eigenvalue weighted by atomic mass is 16.5. The Balaban J connectivity index is 1.93. The summed E-state index contributed by atoms with van der Waals surface area (Å²) in [6.07, 6.45) is 1.68. The second-order valence-electron chi connectivity index (χ2n) is 4.48. The highest BCUT2D eigenvalue weighted by Crippen LogP contribution is 2.46. The molecule has 1 N–H and O–H groups in total. The first-order chi connectivity index (χ1) is 6.64. The van der Waals surface area contributed by atoms with Crippen LogP contribution in [-0.4, -0.2) is 48.3 Å². The molecule has 2 fully saturated rings. The Morgan fingerprint density at radius 3 is 2.86 bits per heavy atom. The number of carbonyl (C=O) groups is 1. The van der Waals surface area contributed by atoms with Crippen LogP contribution >= 0.6 is 0 Å². The number of carboxylic acid groups (broad SMARTS) is 1. The van der Waals surface area contributed by atoms with Crippen LogP contribution in [0.25, 0.3) is 0 Å². The smallest absolute Gasteiger partial charge is 0.310 e. The second-order valence-corrected chi connectivity index (χ2v) is 4.48. The van der Waals surface area contributed by atoms with Gasteiger partial charge in [0.1, 0.15) is 0 Å². The molecule has 0 radical (unpaired) electrons. The lowest BCUT2D eigenvalue weighted by Gasteiger charge is -2.34. The second kappa shape index (κ2) is 3.51. The summed E-state index contributed by atoms with van der Waals surface area (Å²) in [5.74, 6) is -0.629. The third-order valence-electron chi connectivity index (χ3n) is 3.32. The largest absolute Gasteiger partial charge is 0.481 e. The molecule has 0 spiro atoms. The van der Waals surface area contributed by atoms with Gasteiger partial charge in [0.25, 0.3) is 0 Å². The predicted octanol–water partition coefficient (Wildman–Crippen LogP) is 0.572. The van der Waals surface area contributed by atoms with Crippen LogP contribution in [0.15, 0.2) is 0 Å². The summed E-state index contributed by atoms with van der Waals surface area (Å²) in [7, 11) is 0. The molecule has 1 atom stereocenters. The van der Waals surface area contributed by atoms with Crippen LogP contribution in [0.2, 0.25) is 0 Å². The average Bonchev–Trinajstić information content (AvgIpc) is 2.90. The lowest BCUT2D eigenvalue weighted by molar-refractivity contribution is -0.145. The van der Waals surface area contributed by atoms with Gasteiger partial charge in [0.05, 0.1) is 18.6 Å².